The second-order valence-electron chi connectivity index (χ2n) is 12.1. The van der Waals surface area contributed by atoms with Crippen LogP contribution in [0.2, 0.25) is 0 Å². The number of pyridine rings is 2. The Labute approximate surface area is 264 Å². The maximum atomic E-state index is 16.3. The molecule has 2 amide bonds. The number of benzene rings is 1. The van der Waals surface area contributed by atoms with Crippen LogP contribution in [0, 0.1) is 11.6 Å². The first-order chi connectivity index (χ1) is 21.9. The van der Waals surface area contributed by atoms with Crippen LogP contribution < -0.4 is 20.8 Å². The number of anilines is 3. The maximum absolute atomic E-state index is 16.3. The summed E-state index contributed by atoms with van der Waals surface area (Å²) >= 11 is 0. The normalized spacial score (nSPS) is 18.2. The molecule has 0 spiro atoms. The van der Waals surface area contributed by atoms with E-state index >= 15 is 8.78 Å². The van der Waals surface area contributed by atoms with Crippen molar-refractivity contribution in [1.82, 2.24) is 24.4 Å². The van der Waals surface area contributed by atoms with Gasteiger partial charge < -0.3 is 20.0 Å². The van der Waals surface area contributed by atoms with Crippen molar-refractivity contribution in [2.45, 2.75) is 45.7 Å². The van der Waals surface area contributed by atoms with Crippen LogP contribution in [0.3, 0.4) is 0 Å². The van der Waals surface area contributed by atoms with E-state index < -0.39 is 23.2 Å². The van der Waals surface area contributed by atoms with E-state index in [4.69, 9.17) is 0 Å². The number of piperazine rings is 1. The summed E-state index contributed by atoms with van der Waals surface area (Å²) in [5.74, 6) is -2.35. The molecule has 13 heteroatoms. The van der Waals surface area contributed by atoms with Crippen molar-refractivity contribution in [3.8, 4) is 16.9 Å². The van der Waals surface area contributed by atoms with Gasteiger partial charge >= 0.3 is 5.69 Å². The summed E-state index contributed by atoms with van der Waals surface area (Å²) in [4.78, 5) is 59.0. The Hall–Kier alpha value is -5.20. The summed E-state index contributed by atoms with van der Waals surface area (Å²) in [6.07, 6.45) is 2.86. The molecule has 0 saturated carbocycles. The number of hydrogen-bond acceptors (Lipinski definition) is 8. The monoisotopic (exact) mass is 628 g/mol. The van der Waals surface area contributed by atoms with Crippen LogP contribution in [0.4, 0.5) is 26.0 Å². The predicted molar refractivity (Wildman–Crippen MR) is 172 cm³/mol. The van der Waals surface area contributed by atoms with E-state index in [-0.39, 0.29) is 64.2 Å². The van der Waals surface area contributed by atoms with Gasteiger partial charge in [-0.1, -0.05) is 26.5 Å². The van der Waals surface area contributed by atoms with Gasteiger partial charge in [-0.15, -0.1) is 0 Å². The average molecular weight is 629 g/mol. The molecule has 0 radical (unpaired) electrons. The first kappa shape index (κ1) is 30.8. The summed E-state index contributed by atoms with van der Waals surface area (Å²) in [7, 11) is 1.70. The zero-order chi connectivity index (χ0) is 33.0. The summed E-state index contributed by atoms with van der Waals surface area (Å²) in [6.45, 7) is 11.6. The Morgan fingerprint density at radius 3 is 2.57 bits per heavy atom. The predicted octanol–water partition coefficient (Wildman–Crippen LogP) is 4.24. The number of rotatable bonds is 3. The maximum Gasteiger partial charge on any atom is 0.355 e. The van der Waals surface area contributed by atoms with Crippen molar-refractivity contribution in [3.63, 3.8) is 0 Å². The van der Waals surface area contributed by atoms with Gasteiger partial charge in [-0.25, -0.2) is 23.1 Å². The Morgan fingerprint density at radius 2 is 1.85 bits per heavy atom. The molecule has 3 aromatic heterocycles. The summed E-state index contributed by atoms with van der Waals surface area (Å²) in [5, 5.41) is 2.93. The second-order valence-corrected chi connectivity index (χ2v) is 12.1. The number of nitrogens with zero attached hydrogens (tertiary/aromatic N) is 7. The topological polar surface area (TPSA) is 117 Å². The van der Waals surface area contributed by atoms with Crippen LogP contribution in [0.25, 0.3) is 28.0 Å². The molecule has 1 N–H and O–H groups in total. The van der Waals surface area contributed by atoms with Gasteiger partial charge in [-0.2, -0.15) is 4.98 Å². The SMILES string of the molecule is C=CC(=O)N1C[C@H](C)N(c2nc(=O)n3c4nc(c(F)cc24)-c2c(F)cccc2NC(=O)CN(C)c2ccnc(C(C)C)c2-3)C[C@H]1C. The van der Waals surface area contributed by atoms with Gasteiger partial charge in [0.2, 0.25) is 11.8 Å². The van der Waals surface area contributed by atoms with E-state index in [2.05, 4.69) is 26.8 Å². The molecule has 1 aromatic carbocycles. The van der Waals surface area contributed by atoms with Crippen LogP contribution in [0.15, 0.2) is 54.0 Å². The fourth-order valence-corrected chi connectivity index (χ4v) is 6.33. The number of likely N-dealkylation sites (N-methyl/N-ethyl adjacent to an activating group) is 1. The van der Waals surface area contributed by atoms with E-state index in [1.807, 2.05) is 32.6 Å². The van der Waals surface area contributed by atoms with Crippen molar-refractivity contribution in [2.24, 2.45) is 0 Å². The van der Waals surface area contributed by atoms with E-state index in [1.165, 1.54) is 28.8 Å². The number of carbonyl (C=O) groups excluding carboxylic acids is 2. The summed E-state index contributed by atoms with van der Waals surface area (Å²) in [5.41, 5.74) is 0.110. The average Bonchev–Trinajstić information content (AvgIpc) is 3.00. The lowest BCUT2D eigenvalue weighted by Crippen LogP contribution is -2.58. The van der Waals surface area contributed by atoms with Crippen molar-refractivity contribution in [2.75, 3.05) is 41.8 Å². The van der Waals surface area contributed by atoms with Gasteiger partial charge in [0.25, 0.3) is 0 Å². The highest BCUT2D eigenvalue weighted by Crippen LogP contribution is 2.38. The lowest BCUT2D eigenvalue weighted by Gasteiger charge is -2.44. The van der Waals surface area contributed by atoms with Crippen molar-refractivity contribution < 1.29 is 18.4 Å². The molecule has 11 nitrogen and oxygen atoms in total. The molecule has 238 valence electrons. The smallest absolute Gasteiger partial charge is 0.355 e. The van der Waals surface area contributed by atoms with Crippen LogP contribution >= 0.6 is 0 Å². The zero-order valence-electron chi connectivity index (χ0n) is 26.2. The quantitative estimate of drug-likeness (QED) is 0.335. The van der Waals surface area contributed by atoms with Gasteiger partial charge in [0, 0.05) is 38.4 Å². The number of nitrogens with one attached hydrogen (secondary N) is 1. The first-order valence-electron chi connectivity index (χ1n) is 15.0. The number of carbonyl (C=O) groups is 2. The van der Waals surface area contributed by atoms with E-state index in [9.17, 15) is 14.4 Å². The van der Waals surface area contributed by atoms with Crippen molar-refractivity contribution >= 4 is 40.0 Å². The minimum Gasteiger partial charge on any atom is -0.363 e. The molecule has 1 fully saturated rings. The Kier molecular flexibility index (Phi) is 7.78. The lowest BCUT2D eigenvalue weighted by atomic mass is 10.0. The third-order valence-electron chi connectivity index (χ3n) is 8.54. The molecule has 2 atom stereocenters. The fraction of sp³-hybridized carbons (Fsp3) is 0.333. The standard InChI is InChI=1S/C33H34F2N8O3/c1-7-26(45)41-14-19(5)42(15-18(41)4)31-20-13-22(35)29-27-21(34)9-8-10-23(27)37-25(44)16-40(6)24-11-12-36-28(17(2)3)30(24)43(32(20)38-29)33(46)39-31/h7-13,17-19H,1,14-16H2,2-6H3,(H,37,44)/t18-,19+/m1/s1. The second kappa shape index (κ2) is 11.6. The Bertz CT molecular complexity index is 1980. The molecule has 46 heavy (non-hydrogen) atoms. The molecule has 0 unspecified atom stereocenters. The lowest BCUT2D eigenvalue weighted by molar-refractivity contribution is -0.128. The number of aromatic nitrogens is 4. The van der Waals surface area contributed by atoms with E-state index in [0.717, 1.165) is 6.07 Å². The molecule has 2 aliphatic rings. The van der Waals surface area contributed by atoms with Gasteiger partial charge in [0.1, 0.15) is 17.3 Å². The molecule has 5 heterocycles. The molecule has 2 aliphatic heterocycles. The number of fused-ring (bicyclic) bond motifs is 5. The minimum absolute atomic E-state index is 0.0381. The molecular weight excluding hydrogens is 594 g/mol. The van der Waals surface area contributed by atoms with Crippen LogP contribution in [-0.2, 0) is 9.59 Å². The van der Waals surface area contributed by atoms with Gasteiger partial charge in [0.15, 0.2) is 11.5 Å². The largest absolute Gasteiger partial charge is 0.363 e. The highest BCUT2D eigenvalue weighted by molar-refractivity contribution is 5.99. The number of halogens is 2. The summed E-state index contributed by atoms with van der Waals surface area (Å²) in [6, 6.07) is 6.35. The van der Waals surface area contributed by atoms with Crippen LogP contribution in [-0.4, -0.2) is 75.0 Å². The van der Waals surface area contributed by atoms with Gasteiger partial charge in [-0.05, 0) is 50.1 Å². The van der Waals surface area contributed by atoms with E-state index in [1.54, 1.807) is 29.1 Å². The first-order valence-corrected chi connectivity index (χ1v) is 15.0. The van der Waals surface area contributed by atoms with Gasteiger partial charge in [0.05, 0.1) is 40.3 Å². The van der Waals surface area contributed by atoms with Crippen molar-refractivity contribution in [1.29, 1.82) is 0 Å². The number of hydrogen-bond donors (Lipinski definition) is 1. The van der Waals surface area contributed by atoms with Gasteiger partial charge in [-0.3, -0.25) is 14.6 Å². The molecule has 0 aliphatic carbocycles. The van der Waals surface area contributed by atoms with Crippen LogP contribution in [0.5, 0.6) is 0 Å². The van der Waals surface area contributed by atoms with Crippen molar-refractivity contribution in [3.05, 3.63) is 77.0 Å². The third kappa shape index (κ3) is 5.05. The molecule has 4 aromatic rings. The van der Waals surface area contributed by atoms with E-state index in [0.29, 0.717) is 30.2 Å². The van der Waals surface area contributed by atoms with Crippen LogP contribution in [0.1, 0.15) is 39.3 Å². The highest BCUT2D eigenvalue weighted by atomic mass is 19.1. The molecule has 2 bridgehead atoms. The molecule has 1 saturated heterocycles. The zero-order valence-corrected chi connectivity index (χ0v) is 26.2. The minimum atomic E-state index is -0.868. The Balaban J connectivity index is 1.72. The number of amides is 2. The summed E-state index contributed by atoms with van der Waals surface area (Å²) < 4.78 is 33.1. The fourth-order valence-electron chi connectivity index (χ4n) is 6.33. The molecular formula is C33H34F2N8O3. The third-order valence-corrected chi connectivity index (χ3v) is 8.54. The molecule has 6 rings (SSSR count). The Morgan fingerprint density at radius 1 is 1.09 bits per heavy atom. The highest BCUT2D eigenvalue weighted by Gasteiger charge is 2.35.